The van der Waals surface area contributed by atoms with Crippen LogP contribution < -0.4 is 11.1 Å². The molecule has 16 heavy (non-hydrogen) atoms. The molecule has 0 aromatic carbocycles. The molecule has 1 heterocycles. The molecule has 1 aromatic rings. The van der Waals surface area contributed by atoms with Crippen LogP contribution in [0.2, 0.25) is 0 Å². The first-order valence-corrected chi connectivity index (χ1v) is 6.28. The number of nitrogen functional groups attached to an aromatic ring is 1. The minimum atomic E-state index is 0.230. The number of nitrogens with zero attached hydrogens (tertiary/aromatic N) is 1. The molecule has 2 rings (SSSR count). The maximum atomic E-state index is 9.23. The lowest BCUT2D eigenvalue weighted by atomic mass is 10.1. The highest BCUT2D eigenvalue weighted by Crippen LogP contribution is 2.29. The van der Waals surface area contributed by atoms with Gasteiger partial charge in [-0.15, -0.1) is 0 Å². The monoisotopic (exact) mass is 285 g/mol. The number of halogens is 1. The first-order chi connectivity index (χ1) is 7.70. The summed E-state index contributed by atoms with van der Waals surface area (Å²) in [5.41, 5.74) is 6.51. The number of rotatable bonds is 3. The molecule has 4 N–H and O–H groups in total. The molecule has 1 fully saturated rings. The Bertz CT molecular complexity index is 372. The zero-order valence-corrected chi connectivity index (χ0v) is 10.6. The van der Waals surface area contributed by atoms with Crippen LogP contribution in [0, 0.1) is 5.92 Å². The van der Waals surface area contributed by atoms with E-state index in [1.165, 1.54) is 0 Å². The summed E-state index contributed by atoms with van der Waals surface area (Å²) in [5.74, 6) is 1.04. The zero-order valence-electron chi connectivity index (χ0n) is 8.99. The highest BCUT2D eigenvalue weighted by Gasteiger charge is 2.27. The molecule has 0 aliphatic heterocycles. The largest absolute Gasteiger partial charge is 0.396 e. The van der Waals surface area contributed by atoms with Gasteiger partial charge in [-0.05, 0) is 34.8 Å². The Hall–Kier alpha value is -0.810. The summed E-state index contributed by atoms with van der Waals surface area (Å²) in [5, 5.41) is 12.5. The second kappa shape index (κ2) is 5.01. The first-order valence-electron chi connectivity index (χ1n) is 5.49. The van der Waals surface area contributed by atoms with Crippen molar-refractivity contribution in [2.45, 2.75) is 25.3 Å². The van der Waals surface area contributed by atoms with Crippen LogP contribution >= 0.6 is 15.9 Å². The highest BCUT2D eigenvalue weighted by atomic mass is 79.9. The van der Waals surface area contributed by atoms with E-state index >= 15 is 0 Å². The number of anilines is 2. The lowest BCUT2D eigenvalue weighted by molar-refractivity contribution is 0.222. The molecule has 0 saturated heterocycles. The van der Waals surface area contributed by atoms with Gasteiger partial charge >= 0.3 is 0 Å². The van der Waals surface area contributed by atoms with E-state index in [0.717, 1.165) is 23.7 Å². The Morgan fingerprint density at radius 2 is 2.38 bits per heavy atom. The average molecular weight is 286 g/mol. The van der Waals surface area contributed by atoms with Crippen molar-refractivity contribution in [3.63, 3.8) is 0 Å². The lowest BCUT2D eigenvalue weighted by Crippen LogP contribution is -2.27. The van der Waals surface area contributed by atoms with Crippen LogP contribution in [0.3, 0.4) is 0 Å². The van der Waals surface area contributed by atoms with Crippen molar-refractivity contribution in [2.24, 2.45) is 5.92 Å². The van der Waals surface area contributed by atoms with Gasteiger partial charge in [-0.1, -0.05) is 6.42 Å². The molecular formula is C11H16BrN3O. The van der Waals surface area contributed by atoms with E-state index in [9.17, 15) is 5.11 Å². The molecule has 2 unspecified atom stereocenters. The predicted molar refractivity (Wildman–Crippen MR) is 68.2 cm³/mol. The molecular weight excluding hydrogens is 270 g/mol. The summed E-state index contributed by atoms with van der Waals surface area (Å²) in [6.07, 6.45) is 5.02. The molecule has 0 bridgehead atoms. The minimum absolute atomic E-state index is 0.230. The van der Waals surface area contributed by atoms with Gasteiger partial charge in [0.05, 0.1) is 5.69 Å². The number of hydrogen-bond donors (Lipinski definition) is 3. The highest BCUT2D eigenvalue weighted by molar-refractivity contribution is 9.10. The molecule has 1 aromatic heterocycles. The molecule has 88 valence electrons. The quantitative estimate of drug-likeness (QED) is 0.794. The summed E-state index contributed by atoms with van der Waals surface area (Å²) < 4.78 is 0.876. The molecule has 0 spiro atoms. The van der Waals surface area contributed by atoms with E-state index in [2.05, 4.69) is 26.2 Å². The second-order valence-electron chi connectivity index (χ2n) is 4.22. The number of aliphatic hydroxyl groups excluding tert-OH is 1. The third-order valence-corrected chi connectivity index (χ3v) is 3.53. The van der Waals surface area contributed by atoms with Gasteiger partial charge in [0.15, 0.2) is 0 Å². The fourth-order valence-corrected chi connectivity index (χ4v) is 2.55. The maximum Gasteiger partial charge on any atom is 0.149 e. The van der Waals surface area contributed by atoms with Crippen molar-refractivity contribution in [1.82, 2.24) is 4.98 Å². The van der Waals surface area contributed by atoms with Gasteiger partial charge in [0, 0.05) is 29.2 Å². The van der Waals surface area contributed by atoms with Crippen molar-refractivity contribution < 1.29 is 5.11 Å². The van der Waals surface area contributed by atoms with E-state index in [-0.39, 0.29) is 6.61 Å². The van der Waals surface area contributed by atoms with Crippen molar-refractivity contribution >= 4 is 27.4 Å². The van der Waals surface area contributed by atoms with Crippen LogP contribution in [0.1, 0.15) is 19.3 Å². The number of nitrogens with two attached hydrogens (primary N) is 1. The Morgan fingerprint density at radius 1 is 1.56 bits per heavy atom. The Kier molecular flexibility index (Phi) is 3.66. The molecule has 1 aliphatic rings. The third kappa shape index (κ3) is 2.47. The molecule has 1 aliphatic carbocycles. The SMILES string of the molecule is Nc1cc(Br)cnc1NC1CCCC1CO. The van der Waals surface area contributed by atoms with Crippen LogP contribution in [0.15, 0.2) is 16.7 Å². The van der Waals surface area contributed by atoms with E-state index in [1.54, 1.807) is 6.20 Å². The fourth-order valence-electron chi connectivity index (χ4n) is 2.20. The van der Waals surface area contributed by atoms with Gasteiger partial charge < -0.3 is 16.2 Å². The van der Waals surface area contributed by atoms with E-state index in [0.29, 0.717) is 23.5 Å². The van der Waals surface area contributed by atoms with Crippen LogP contribution in [0.25, 0.3) is 0 Å². The predicted octanol–water partition coefficient (Wildman–Crippen LogP) is 2.00. The summed E-state index contributed by atoms with van der Waals surface area (Å²) in [4.78, 5) is 4.25. The molecule has 5 heteroatoms. The summed E-state index contributed by atoms with van der Waals surface area (Å²) in [7, 11) is 0. The van der Waals surface area contributed by atoms with E-state index in [4.69, 9.17) is 5.73 Å². The normalized spacial score (nSPS) is 24.6. The Balaban J connectivity index is 2.08. The Labute approximate surface area is 103 Å². The maximum absolute atomic E-state index is 9.23. The molecule has 4 nitrogen and oxygen atoms in total. The minimum Gasteiger partial charge on any atom is -0.396 e. The molecule has 2 atom stereocenters. The molecule has 1 saturated carbocycles. The second-order valence-corrected chi connectivity index (χ2v) is 5.13. The number of aliphatic hydroxyl groups is 1. The van der Waals surface area contributed by atoms with Crippen molar-refractivity contribution in [1.29, 1.82) is 0 Å². The van der Waals surface area contributed by atoms with Crippen LogP contribution in [0.5, 0.6) is 0 Å². The van der Waals surface area contributed by atoms with Crippen LogP contribution in [-0.2, 0) is 0 Å². The number of nitrogens with one attached hydrogen (secondary N) is 1. The van der Waals surface area contributed by atoms with E-state index < -0.39 is 0 Å². The molecule has 0 radical (unpaired) electrons. The summed E-state index contributed by atoms with van der Waals surface area (Å²) >= 11 is 3.32. The van der Waals surface area contributed by atoms with Gasteiger partial charge in [-0.3, -0.25) is 0 Å². The standard InChI is InChI=1S/C11H16BrN3O/c12-8-4-9(13)11(14-5-8)15-10-3-1-2-7(10)6-16/h4-5,7,10,16H,1-3,6,13H2,(H,14,15). The number of aromatic nitrogens is 1. The summed E-state index contributed by atoms with van der Waals surface area (Å²) in [6, 6.07) is 2.12. The third-order valence-electron chi connectivity index (χ3n) is 3.10. The van der Waals surface area contributed by atoms with Crippen LogP contribution in [0.4, 0.5) is 11.5 Å². The summed E-state index contributed by atoms with van der Waals surface area (Å²) in [6.45, 7) is 0.230. The van der Waals surface area contributed by atoms with Crippen molar-refractivity contribution in [2.75, 3.05) is 17.7 Å². The number of pyridine rings is 1. The van der Waals surface area contributed by atoms with Gasteiger partial charge in [0.2, 0.25) is 0 Å². The fraction of sp³-hybridized carbons (Fsp3) is 0.545. The molecule has 0 amide bonds. The Morgan fingerprint density at radius 3 is 3.06 bits per heavy atom. The first kappa shape index (κ1) is 11.7. The van der Waals surface area contributed by atoms with Crippen molar-refractivity contribution in [3.8, 4) is 0 Å². The van der Waals surface area contributed by atoms with Crippen molar-refractivity contribution in [3.05, 3.63) is 16.7 Å². The van der Waals surface area contributed by atoms with Gasteiger partial charge in [0.1, 0.15) is 5.82 Å². The smallest absolute Gasteiger partial charge is 0.149 e. The zero-order chi connectivity index (χ0) is 11.5. The van der Waals surface area contributed by atoms with E-state index in [1.807, 2.05) is 6.07 Å². The lowest BCUT2D eigenvalue weighted by Gasteiger charge is -2.20. The average Bonchev–Trinajstić information content (AvgIpc) is 2.69. The van der Waals surface area contributed by atoms with Gasteiger partial charge in [-0.25, -0.2) is 4.98 Å². The van der Waals surface area contributed by atoms with Gasteiger partial charge in [0.25, 0.3) is 0 Å². The topological polar surface area (TPSA) is 71.2 Å². The van der Waals surface area contributed by atoms with Gasteiger partial charge in [-0.2, -0.15) is 0 Å². The number of hydrogen-bond acceptors (Lipinski definition) is 4. The van der Waals surface area contributed by atoms with Crippen LogP contribution in [-0.4, -0.2) is 22.7 Å².